The summed E-state index contributed by atoms with van der Waals surface area (Å²) in [6.45, 7) is 1.69. The van der Waals surface area contributed by atoms with E-state index in [4.69, 9.17) is 11.6 Å². The summed E-state index contributed by atoms with van der Waals surface area (Å²) in [5, 5.41) is 12.5. The van der Waals surface area contributed by atoms with Crippen molar-refractivity contribution in [2.24, 2.45) is 0 Å². The third kappa shape index (κ3) is 3.03. The van der Waals surface area contributed by atoms with Gasteiger partial charge in [-0.05, 0) is 36.8 Å². The number of phenols is 1. The van der Waals surface area contributed by atoms with Crippen molar-refractivity contribution in [3.8, 4) is 5.75 Å². The zero-order valence-corrected chi connectivity index (χ0v) is 10.8. The van der Waals surface area contributed by atoms with E-state index in [9.17, 15) is 14.3 Å². The number of halogens is 2. The second kappa shape index (κ2) is 5.28. The molecule has 0 aliphatic heterocycles. The van der Waals surface area contributed by atoms with E-state index in [0.717, 1.165) is 12.1 Å². The van der Waals surface area contributed by atoms with Crippen molar-refractivity contribution in [1.82, 2.24) is 0 Å². The Morgan fingerprint density at radius 2 is 2.05 bits per heavy atom. The number of aromatic hydroxyl groups is 1. The molecule has 0 heterocycles. The molecule has 0 bridgehead atoms. The summed E-state index contributed by atoms with van der Waals surface area (Å²) in [6.07, 6.45) is 0. The summed E-state index contributed by atoms with van der Waals surface area (Å²) < 4.78 is 13.1. The standard InChI is InChI=1S/C14H11ClFNO2/c1-8-3-2-4-12(13(8)18)14(19)17-11-6-9(15)5-10(16)7-11/h2-7,18H,1H3,(H,17,19). The monoisotopic (exact) mass is 279 g/mol. The first-order valence-electron chi connectivity index (χ1n) is 5.53. The van der Waals surface area contributed by atoms with Gasteiger partial charge in [-0.15, -0.1) is 0 Å². The molecule has 2 aromatic carbocycles. The average molecular weight is 280 g/mol. The molecule has 19 heavy (non-hydrogen) atoms. The Hall–Kier alpha value is -2.07. The van der Waals surface area contributed by atoms with Crippen molar-refractivity contribution < 1.29 is 14.3 Å². The lowest BCUT2D eigenvalue weighted by atomic mass is 10.1. The summed E-state index contributed by atoms with van der Waals surface area (Å²) in [7, 11) is 0. The smallest absolute Gasteiger partial charge is 0.259 e. The number of benzene rings is 2. The van der Waals surface area contributed by atoms with Gasteiger partial charge in [0.25, 0.3) is 5.91 Å². The molecule has 0 saturated heterocycles. The maximum absolute atomic E-state index is 13.1. The van der Waals surface area contributed by atoms with Crippen molar-refractivity contribution in [3.63, 3.8) is 0 Å². The summed E-state index contributed by atoms with van der Waals surface area (Å²) in [6, 6.07) is 8.54. The number of hydrogen-bond donors (Lipinski definition) is 2. The third-order valence-corrected chi connectivity index (χ3v) is 2.82. The number of amides is 1. The first kappa shape index (κ1) is 13.4. The van der Waals surface area contributed by atoms with Gasteiger partial charge >= 0.3 is 0 Å². The summed E-state index contributed by atoms with van der Waals surface area (Å²) in [5.74, 6) is -1.17. The highest BCUT2D eigenvalue weighted by molar-refractivity contribution is 6.31. The van der Waals surface area contributed by atoms with Crippen LogP contribution in [0.3, 0.4) is 0 Å². The molecule has 5 heteroatoms. The molecule has 98 valence electrons. The fourth-order valence-corrected chi connectivity index (χ4v) is 1.89. The SMILES string of the molecule is Cc1cccc(C(=O)Nc2cc(F)cc(Cl)c2)c1O. The highest BCUT2D eigenvalue weighted by Gasteiger charge is 2.13. The average Bonchev–Trinajstić information content (AvgIpc) is 2.31. The predicted octanol–water partition coefficient (Wildman–Crippen LogP) is 3.75. The van der Waals surface area contributed by atoms with Crippen molar-refractivity contribution >= 4 is 23.2 Å². The minimum atomic E-state index is -0.545. The molecule has 0 atom stereocenters. The van der Waals surface area contributed by atoms with Crippen LogP contribution in [0.1, 0.15) is 15.9 Å². The van der Waals surface area contributed by atoms with Crippen LogP contribution in [-0.2, 0) is 0 Å². The van der Waals surface area contributed by atoms with E-state index in [1.54, 1.807) is 19.1 Å². The van der Waals surface area contributed by atoms with Gasteiger partial charge in [0, 0.05) is 10.7 Å². The third-order valence-electron chi connectivity index (χ3n) is 2.60. The molecular weight excluding hydrogens is 269 g/mol. The molecule has 0 radical (unpaired) electrons. The number of hydrogen-bond acceptors (Lipinski definition) is 2. The number of nitrogens with one attached hydrogen (secondary N) is 1. The van der Waals surface area contributed by atoms with Crippen LogP contribution in [0, 0.1) is 12.7 Å². The van der Waals surface area contributed by atoms with E-state index >= 15 is 0 Å². The maximum atomic E-state index is 13.1. The molecule has 0 saturated carbocycles. The van der Waals surface area contributed by atoms with E-state index < -0.39 is 11.7 Å². The first-order valence-corrected chi connectivity index (χ1v) is 5.91. The minimum Gasteiger partial charge on any atom is -0.507 e. The molecule has 0 unspecified atom stereocenters. The normalized spacial score (nSPS) is 10.3. The molecule has 0 fully saturated rings. The van der Waals surface area contributed by atoms with Crippen LogP contribution in [-0.4, -0.2) is 11.0 Å². The molecule has 0 aliphatic carbocycles. The van der Waals surface area contributed by atoms with Crippen LogP contribution >= 0.6 is 11.6 Å². The van der Waals surface area contributed by atoms with Crippen molar-refractivity contribution in [1.29, 1.82) is 0 Å². The summed E-state index contributed by atoms with van der Waals surface area (Å²) in [4.78, 5) is 12.0. The number of carbonyl (C=O) groups is 1. The van der Waals surface area contributed by atoms with E-state index in [-0.39, 0.29) is 22.0 Å². The van der Waals surface area contributed by atoms with Gasteiger partial charge in [0.05, 0.1) is 5.56 Å². The quantitative estimate of drug-likeness (QED) is 0.880. The maximum Gasteiger partial charge on any atom is 0.259 e. The predicted molar refractivity (Wildman–Crippen MR) is 72.2 cm³/mol. The number of carbonyl (C=O) groups excluding carboxylic acids is 1. The number of para-hydroxylation sites is 1. The van der Waals surface area contributed by atoms with Crippen molar-refractivity contribution in [2.45, 2.75) is 6.92 Å². The fraction of sp³-hybridized carbons (Fsp3) is 0.0714. The molecule has 0 spiro atoms. The molecule has 2 aromatic rings. The highest BCUT2D eigenvalue weighted by atomic mass is 35.5. The minimum absolute atomic E-state index is 0.0949. The van der Waals surface area contributed by atoms with E-state index in [1.165, 1.54) is 12.1 Å². The number of anilines is 1. The van der Waals surface area contributed by atoms with Crippen LogP contribution in [0.2, 0.25) is 5.02 Å². The van der Waals surface area contributed by atoms with Gasteiger partial charge in [-0.3, -0.25) is 4.79 Å². The first-order chi connectivity index (χ1) is 8.97. The zero-order chi connectivity index (χ0) is 14.0. The second-order valence-corrected chi connectivity index (χ2v) is 4.52. The Bertz CT molecular complexity index is 623. The van der Waals surface area contributed by atoms with Gasteiger partial charge in [0.2, 0.25) is 0 Å². The Kier molecular flexibility index (Phi) is 3.71. The van der Waals surface area contributed by atoms with Gasteiger partial charge < -0.3 is 10.4 Å². The topological polar surface area (TPSA) is 49.3 Å². The highest BCUT2D eigenvalue weighted by Crippen LogP contribution is 2.24. The Labute approximate surface area is 114 Å². The van der Waals surface area contributed by atoms with Crippen LogP contribution in [0.15, 0.2) is 36.4 Å². The van der Waals surface area contributed by atoms with E-state index in [2.05, 4.69) is 5.32 Å². The van der Waals surface area contributed by atoms with Gasteiger partial charge in [-0.2, -0.15) is 0 Å². The Morgan fingerprint density at radius 1 is 1.32 bits per heavy atom. The fourth-order valence-electron chi connectivity index (χ4n) is 1.67. The summed E-state index contributed by atoms with van der Waals surface area (Å²) in [5.41, 5.74) is 0.946. The van der Waals surface area contributed by atoms with Gasteiger partial charge in [0.15, 0.2) is 0 Å². The van der Waals surface area contributed by atoms with Gasteiger partial charge in [-0.1, -0.05) is 23.7 Å². The molecule has 2 N–H and O–H groups in total. The molecule has 0 aromatic heterocycles. The Morgan fingerprint density at radius 3 is 2.74 bits per heavy atom. The number of phenolic OH excluding ortho intramolecular Hbond substituents is 1. The number of rotatable bonds is 2. The van der Waals surface area contributed by atoms with Gasteiger partial charge in [0.1, 0.15) is 11.6 Å². The number of aryl methyl sites for hydroxylation is 1. The molecular formula is C14H11ClFNO2. The van der Waals surface area contributed by atoms with Crippen LogP contribution < -0.4 is 5.32 Å². The lowest BCUT2D eigenvalue weighted by molar-refractivity contribution is 0.102. The summed E-state index contributed by atoms with van der Waals surface area (Å²) >= 11 is 5.70. The van der Waals surface area contributed by atoms with Crippen molar-refractivity contribution in [2.75, 3.05) is 5.32 Å². The van der Waals surface area contributed by atoms with Crippen LogP contribution in [0.5, 0.6) is 5.75 Å². The molecule has 1 amide bonds. The van der Waals surface area contributed by atoms with Crippen LogP contribution in [0.25, 0.3) is 0 Å². The lowest BCUT2D eigenvalue weighted by Crippen LogP contribution is -2.12. The molecule has 0 aliphatic rings. The van der Waals surface area contributed by atoms with Gasteiger partial charge in [-0.25, -0.2) is 4.39 Å². The van der Waals surface area contributed by atoms with Crippen LogP contribution in [0.4, 0.5) is 10.1 Å². The van der Waals surface area contributed by atoms with Crippen molar-refractivity contribution in [3.05, 3.63) is 58.4 Å². The zero-order valence-electron chi connectivity index (χ0n) is 10.1. The molecule has 3 nitrogen and oxygen atoms in total. The second-order valence-electron chi connectivity index (χ2n) is 4.08. The van der Waals surface area contributed by atoms with E-state index in [0.29, 0.717) is 5.56 Å². The Balaban J connectivity index is 2.28. The lowest BCUT2D eigenvalue weighted by Gasteiger charge is -2.08. The largest absolute Gasteiger partial charge is 0.507 e. The van der Waals surface area contributed by atoms with E-state index in [1.807, 2.05) is 0 Å². The molecule has 2 rings (SSSR count).